The van der Waals surface area contributed by atoms with Gasteiger partial charge in [0, 0.05) is 16.7 Å². The number of benzene rings is 1. The molecule has 2 N–H and O–H groups in total. The molecule has 1 heterocycles. The van der Waals surface area contributed by atoms with E-state index in [1.807, 2.05) is 42.5 Å². The van der Waals surface area contributed by atoms with E-state index in [9.17, 15) is 0 Å². The minimum atomic E-state index is 0.839. The number of nitrogens with one attached hydrogen (secondary N) is 2. The fraction of sp³-hybridized carbons (Fsp3) is 0.154. The van der Waals surface area contributed by atoms with Crippen LogP contribution in [0.4, 0.5) is 17.3 Å². The van der Waals surface area contributed by atoms with Gasteiger partial charge in [-0.2, -0.15) is 0 Å². The summed E-state index contributed by atoms with van der Waals surface area (Å²) < 4.78 is 1.07. The quantitative estimate of drug-likeness (QED) is 0.893. The lowest BCUT2D eigenvalue weighted by molar-refractivity contribution is 1.16. The molecule has 0 saturated carbocycles. The summed E-state index contributed by atoms with van der Waals surface area (Å²) in [6.07, 6.45) is 0. The van der Waals surface area contributed by atoms with E-state index in [0.717, 1.165) is 28.3 Å². The molecule has 0 aliphatic rings. The SMILES string of the molecule is CCNc1cccc(Nc2ccc(Br)cc2)n1. The standard InChI is InChI=1S/C13H14BrN3/c1-2-15-12-4-3-5-13(17-12)16-11-8-6-10(14)7-9-11/h3-9H,2H2,1H3,(H2,15,16,17). The maximum absolute atomic E-state index is 4.45. The first kappa shape index (κ1) is 11.9. The van der Waals surface area contributed by atoms with E-state index < -0.39 is 0 Å². The lowest BCUT2D eigenvalue weighted by atomic mass is 10.3. The predicted molar refractivity (Wildman–Crippen MR) is 75.8 cm³/mol. The van der Waals surface area contributed by atoms with Crippen molar-refractivity contribution >= 4 is 33.3 Å². The summed E-state index contributed by atoms with van der Waals surface area (Å²) in [7, 11) is 0. The van der Waals surface area contributed by atoms with Gasteiger partial charge in [-0.05, 0) is 43.3 Å². The zero-order chi connectivity index (χ0) is 12.1. The Morgan fingerprint density at radius 1 is 1.06 bits per heavy atom. The van der Waals surface area contributed by atoms with Crippen LogP contribution in [0.1, 0.15) is 6.92 Å². The van der Waals surface area contributed by atoms with Gasteiger partial charge in [-0.15, -0.1) is 0 Å². The first-order valence-electron chi connectivity index (χ1n) is 5.51. The Hall–Kier alpha value is -1.55. The first-order chi connectivity index (χ1) is 8.28. The molecule has 17 heavy (non-hydrogen) atoms. The molecular formula is C13H14BrN3. The van der Waals surface area contributed by atoms with Crippen molar-refractivity contribution in [2.24, 2.45) is 0 Å². The summed E-state index contributed by atoms with van der Waals surface area (Å²) in [4.78, 5) is 4.45. The Labute approximate surface area is 109 Å². The molecule has 88 valence electrons. The van der Waals surface area contributed by atoms with Crippen LogP contribution >= 0.6 is 15.9 Å². The molecule has 2 rings (SSSR count). The molecule has 1 aromatic carbocycles. The molecule has 4 heteroatoms. The van der Waals surface area contributed by atoms with Gasteiger partial charge in [0.05, 0.1) is 0 Å². The Bertz CT molecular complexity index is 482. The number of aromatic nitrogens is 1. The topological polar surface area (TPSA) is 37.0 Å². The predicted octanol–water partition coefficient (Wildman–Crippen LogP) is 4.02. The number of pyridine rings is 1. The van der Waals surface area contributed by atoms with Crippen LogP contribution in [0.25, 0.3) is 0 Å². The summed E-state index contributed by atoms with van der Waals surface area (Å²) in [5.74, 6) is 1.72. The van der Waals surface area contributed by atoms with Crippen LogP contribution < -0.4 is 10.6 Å². The second kappa shape index (κ2) is 5.68. The van der Waals surface area contributed by atoms with Crippen LogP contribution in [0, 0.1) is 0 Å². The molecular weight excluding hydrogens is 278 g/mol. The number of halogens is 1. The fourth-order valence-electron chi connectivity index (χ4n) is 1.47. The molecule has 0 aliphatic heterocycles. The molecule has 0 fully saturated rings. The number of hydrogen-bond donors (Lipinski definition) is 2. The number of rotatable bonds is 4. The maximum atomic E-state index is 4.45. The van der Waals surface area contributed by atoms with Crippen molar-refractivity contribution in [3.05, 3.63) is 46.9 Å². The molecule has 2 aromatic rings. The number of nitrogens with zero attached hydrogens (tertiary/aromatic N) is 1. The molecule has 0 atom stereocenters. The second-order valence-corrected chi connectivity index (χ2v) is 4.49. The largest absolute Gasteiger partial charge is 0.370 e. The third-order valence-corrected chi connectivity index (χ3v) is 2.75. The third kappa shape index (κ3) is 3.46. The molecule has 0 amide bonds. The lowest BCUT2D eigenvalue weighted by Gasteiger charge is -2.08. The highest BCUT2D eigenvalue weighted by Gasteiger charge is 1.97. The van der Waals surface area contributed by atoms with E-state index in [1.54, 1.807) is 0 Å². The van der Waals surface area contributed by atoms with E-state index in [2.05, 4.69) is 38.5 Å². The first-order valence-corrected chi connectivity index (χ1v) is 6.31. The van der Waals surface area contributed by atoms with Crippen molar-refractivity contribution in [2.75, 3.05) is 17.2 Å². The van der Waals surface area contributed by atoms with Gasteiger partial charge in [0.25, 0.3) is 0 Å². The number of anilines is 3. The van der Waals surface area contributed by atoms with Crippen LogP contribution in [0.15, 0.2) is 46.9 Å². The van der Waals surface area contributed by atoms with Gasteiger partial charge < -0.3 is 10.6 Å². The Kier molecular flexibility index (Phi) is 3.98. The summed E-state index contributed by atoms with van der Waals surface area (Å²) in [6, 6.07) is 13.9. The Morgan fingerprint density at radius 2 is 1.76 bits per heavy atom. The van der Waals surface area contributed by atoms with Crippen LogP contribution in [-0.4, -0.2) is 11.5 Å². The monoisotopic (exact) mass is 291 g/mol. The molecule has 0 saturated heterocycles. The zero-order valence-electron chi connectivity index (χ0n) is 9.57. The Balaban J connectivity index is 2.12. The minimum absolute atomic E-state index is 0.839. The molecule has 3 nitrogen and oxygen atoms in total. The lowest BCUT2D eigenvalue weighted by Crippen LogP contribution is -2.01. The smallest absolute Gasteiger partial charge is 0.132 e. The van der Waals surface area contributed by atoms with E-state index >= 15 is 0 Å². The van der Waals surface area contributed by atoms with Gasteiger partial charge in [-0.1, -0.05) is 22.0 Å². The van der Waals surface area contributed by atoms with Gasteiger partial charge in [0.1, 0.15) is 11.6 Å². The second-order valence-electron chi connectivity index (χ2n) is 3.57. The van der Waals surface area contributed by atoms with Crippen molar-refractivity contribution in [3.63, 3.8) is 0 Å². The van der Waals surface area contributed by atoms with Crippen molar-refractivity contribution in [3.8, 4) is 0 Å². The van der Waals surface area contributed by atoms with Crippen LogP contribution in [0.2, 0.25) is 0 Å². The van der Waals surface area contributed by atoms with E-state index in [0.29, 0.717) is 0 Å². The van der Waals surface area contributed by atoms with E-state index in [4.69, 9.17) is 0 Å². The van der Waals surface area contributed by atoms with Crippen LogP contribution in [0.5, 0.6) is 0 Å². The van der Waals surface area contributed by atoms with Gasteiger partial charge in [-0.3, -0.25) is 0 Å². The molecule has 0 aliphatic carbocycles. The summed E-state index contributed by atoms with van der Waals surface area (Å²) >= 11 is 3.41. The molecule has 0 spiro atoms. The third-order valence-electron chi connectivity index (χ3n) is 2.22. The molecule has 0 bridgehead atoms. The van der Waals surface area contributed by atoms with Crippen molar-refractivity contribution in [1.29, 1.82) is 0 Å². The van der Waals surface area contributed by atoms with Crippen LogP contribution in [0.3, 0.4) is 0 Å². The van der Waals surface area contributed by atoms with Gasteiger partial charge >= 0.3 is 0 Å². The van der Waals surface area contributed by atoms with Crippen molar-refractivity contribution in [2.45, 2.75) is 6.92 Å². The highest BCUT2D eigenvalue weighted by atomic mass is 79.9. The summed E-state index contributed by atoms with van der Waals surface area (Å²) in [6.45, 7) is 2.92. The zero-order valence-corrected chi connectivity index (χ0v) is 11.2. The fourth-order valence-corrected chi connectivity index (χ4v) is 1.73. The normalized spacial score (nSPS) is 10.0. The minimum Gasteiger partial charge on any atom is -0.370 e. The highest BCUT2D eigenvalue weighted by Crippen LogP contribution is 2.18. The van der Waals surface area contributed by atoms with Gasteiger partial charge in [-0.25, -0.2) is 4.98 Å². The van der Waals surface area contributed by atoms with Gasteiger partial charge in [0.15, 0.2) is 0 Å². The average Bonchev–Trinajstić information content (AvgIpc) is 2.33. The van der Waals surface area contributed by atoms with Crippen molar-refractivity contribution in [1.82, 2.24) is 4.98 Å². The highest BCUT2D eigenvalue weighted by molar-refractivity contribution is 9.10. The van der Waals surface area contributed by atoms with E-state index in [-0.39, 0.29) is 0 Å². The van der Waals surface area contributed by atoms with Crippen LogP contribution in [-0.2, 0) is 0 Å². The maximum Gasteiger partial charge on any atom is 0.132 e. The van der Waals surface area contributed by atoms with Crippen molar-refractivity contribution < 1.29 is 0 Å². The molecule has 0 unspecified atom stereocenters. The molecule has 0 radical (unpaired) electrons. The van der Waals surface area contributed by atoms with E-state index in [1.165, 1.54) is 0 Å². The van der Waals surface area contributed by atoms with Gasteiger partial charge in [0.2, 0.25) is 0 Å². The summed E-state index contributed by atoms with van der Waals surface area (Å²) in [5, 5.41) is 6.44. The summed E-state index contributed by atoms with van der Waals surface area (Å²) in [5.41, 5.74) is 1.02. The Morgan fingerprint density at radius 3 is 2.47 bits per heavy atom. The average molecular weight is 292 g/mol. The number of hydrogen-bond acceptors (Lipinski definition) is 3. The molecule has 1 aromatic heterocycles.